The van der Waals surface area contributed by atoms with Crippen LogP contribution in [0, 0.1) is 5.92 Å². The van der Waals surface area contributed by atoms with Gasteiger partial charge in [0, 0.05) is 0 Å². The van der Waals surface area contributed by atoms with Crippen LogP contribution in [-0.4, -0.2) is 50.7 Å². The summed E-state index contributed by atoms with van der Waals surface area (Å²) >= 11 is 0. The summed E-state index contributed by atoms with van der Waals surface area (Å²) in [4.78, 5) is 14.4. The van der Waals surface area contributed by atoms with Gasteiger partial charge in [-0.25, -0.2) is 0 Å². The molecule has 5 heteroatoms. The number of carbonyl (C=O) groups is 1. The van der Waals surface area contributed by atoms with E-state index in [9.17, 15) is 4.79 Å². The molecule has 0 aromatic heterocycles. The molecule has 1 heterocycles. The van der Waals surface area contributed by atoms with Gasteiger partial charge in [-0.3, -0.25) is 9.69 Å². The van der Waals surface area contributed by atoms with E-state index in [0.29, 0.717) is 31.2 Å². The molecule has 1 saturated heterocycles. The Balaban J connectivity index is 1.30. The number of carbonyl (C=O) groups excluding carboxylic acids is 1. The van der Waals surface area contributed by atoms with Crippen LogP contribution in [0.15, 0.2) is 54.6 Å². The highest BCUT2D eigenvalue weighted by Gasteiger charge is 2.20. The van der Waals surface area contributed by atoms with Crippen LogP contribution in [0.5, 0.6) is 11.5 Å². The third-order valence-electron chi connectivity index (χ3n) is 5.19. The Morgan fingerprint density at radius 2 is 1.71 bits per heavy atom. The summed E-state index contributed by atoms with van der Waals surface area (Å²) in [7, 11) is 1.62. The first kappa shape index (κ1) is 20.2. The third-order valence-corrected chi connectivity index (χ3v) is 5.19. The van der Waals surface area contributed by atoms with E-state index in [0.717, 1.165) is 38.3 Å². The molecule has 150 valence electrons. The van der Waals surface area contributed by atoms with Gasteiger partial charge in [0.25, 0.3) is 0 Å². The van der Waals surface area contributed by atoms with Gasteiger partial charge in [0.15, 0.2) is 11.5 Å². The third kappa shape index (κ3) is 6.27. The van der Waals surface area contributed by atoms with Crippen molar-refractivity contribution in [1.29, 1.82) is 0 Å². The number of benzene rings is 2. The van der Waals surface area contributed by atoms with Gasteiger partial charge in [0.1, 0.15) is 6.61 Å². The monoisotopic (exact) mass is 382 g/mol. The molecule has 0 saturated carbocycles. The first-order chi connectivity index (χ1) is 13.7. The summed E-state index contributed by atoms with van der Waals surface area (Å²) in [5, 5.41) is 2.94. The first-order valence-electron chi connectivity index (χ1n) is 10.0. The van der Waals surface area contributed by atoms with Crippen molar-refractivity contribution in [1.82, 2.24) is 10.2 Å². The number of hydrogen-bond donors (Lipinski definition) is 1. The second-order valence-corrected chi connectivity index (χ2v) is 7.26. The second kappa shape index (κ2) is 10.7. The number of hydrogen-bond acceptors (Lipinski definition) is 4. The second-order valence-electron chi connectivity index (χ2n) is 7.26. The maximum atomic E-state index is 12.2. The predicted molar refractivity (Wildman–Crippen MR) is 111 cm³/mol. The number of methoxy groups -OCH3 is 1. The van der Waals surface area contributed by atoms with Crippen molar-refractivity contribution in [3.8, 4) is 11.5 Å². The van der Waals surface area contributed by atoms with E-state index >= 15 is 0 Å². The van der Waals surface area contributed by atoms with Crippen molar-refractivity contribution in [2.24, 2.45) is 5.92 Å². The molecule has 28 heavy (non-hydrogen) atoms. The van der Waals surface area contributed by atoms with Gasteiger partial charge in [-0.15, -0.1) is 0 Å². The van der Waals surface area contributed by atoms with Crippen molar-refractivity contribution in [3.63, 3.8) is 0 Å². The molecule has 1 aliphatic heterocycles. The van der Waals surface area contributed by atoms with Gasteiger partial charge in [-0.2, -0.15) is 0 Å². The molecule has 3 rings (SSSR count). The number of ether oxygens (including phenoxy) is 2. The molecule has 1 fully saturated rings. The predicted octanol–water partition coefficient (Wildman–Crippen LogP) is 3.14. The molecule has 1 aliphatic rings. The minimum Gasteiger partial charge on any atom is -0.493 e. The minimum absolute atomic E-state index is 0.0603. The number of nitrogens with zero attached hydrogens (tertiary/aromatic N) is 1. The Hall–Kier alpha value is -2.53. The van der Waals surface area contributed by atoms with Crippen LogP contribution in [0.25, 0.3) is 0 Å². The van der Waals surface area contributed by atoms with Crippen LogP contribution in [0.1, 0.15) is 18.4 Å². The highest BCUT2D eigenvalue weighted by molar-refractivity contribution is 5.78. The normalized spacial score (nSPS) is 15.2. The van der Waals surface area contributed by atoms with Crippen LogP contribution in [0.2, 0.25) is 0 Å². The molecule has 0 aliphatic carbocycles. The van der Waals surface area contributed by atoms with Gasteiger partial charge in [-0.05, 0) is 56.0 Å². The van der Waals surface area contributed by atoms with E-state index in [1.165, 1.54) is 5.56 Å². The van der Waals surface area contributed by atoms with Crippen LogP contribution < -0.4 is 14.8 Å². The molecule has 1 N–H and O–H groups in total. The van der Waals surface area contributed by atoms with E-state index in [-0.39, 0.29) is 5.91 Å². The lowest BCUT2D eigenvalue weighted by atomic mass is 9.90. The molecule has 1 amide bonds. The van der Waals surface area contributed by atoms with E-state index in [4.69, 9.17) is 9.47 Å². The van der Waals surface area contributed by atoms with Gasteiger partial charge in [-0.1, -0.05) is 42.5 Å². The highest BCUT2D eigenvalue weighted by Crippen LogP contribution is 2.25. The van der Waals surface area contributed by atoms with E-state index in [2.05, 4.69) is 40.5 Å². The molecule has 2 aromatic rings. The first-order valence-corrected chi connectivity index (χ1v) is 10.0. The molecule has 0 bridgehead atoms. The maximum absolute atomic E-state index is 12.2. The van der Waals surface area contributed by atoms with Crippen molar-refractivity contribution in [2.75, 3.05) is 39.9 Å². The summed E-state index contributed by atoms with van der Waals surface area (Å²) in [5.41, 5.74) is 1.41. The van der Waals surface area contributed by atoms with Crippen LogP contribution in [0.3, 0.4) is 0 Å². The number of rotatable bonds is 9. The average molecular weight is 383 g/mol. The van der Waals surface area contributed by atoms with Crippen molar-refractivity contribution >= 4 is 5.91 Å². The topological polar surface area (TPSA) is 50.8 Å². The lowest BCUT2D eigenvalue weighted by Gasteiger charge is -2.31. The molecule has 2 aromatic carbocycles. The van der Waals surface area contributed by atoms with E-state index in [1.807, 2.05) is 24.3 Å². The quantitative estimate of drug-likeness (QED) is 0.677. The van der Waals surface area contributed by atoms with Gasteiger partial charge >= 0.3 is 0 Å². The summed E-state index contributed by atoms with van der Waals surface area (Å²) in [6, 6.07) is 18.2. The Morgan fingerprint density at radius 1 is 1.04 bits per heavy atom. The van der Waals surface area contributed by atoms with Gasteiger partial charge in [0.2, 0.25) is 5.91 Å². The van der Waals surface area contributed by atoms with E-state index in [1.54, 1.807) is 7.11 Å². The molecule has 0 spiro atoms. The fraction of sp³-hybridized carbons (Fsp3) is 0.435. The van der Waals surface area contributed by atoms with E-state index < -0.39 is 0 Å². The summed E-state index contributed by atoms with van der Waals surface area (Å²) in [5.74, 6) is 2.17. The maximum Gasteiger partial charge on any atom is 0.234 e. The molecular formula is C23H30N2O3. The number of amides is 1. The Labute approximate surface area is 167 Å². The lowest BCUT2D eigenvalue weighted by Crippen LogP contribution is -2.42. The highest BCUT2D eigenvalue weighted by atomic mass is 16.5. The molecule has 0 atom stereocenters. The van der Waals surface area contributed by atoms with Crippen molar-refractivity contribution in [2.45, 2.75) is 19.3 Å². The van der Waals surface area contributed by atoms with Crippen molar-refractivity contribution < 1.29 is 14.3 Å². The van der Waals surface area contributed by atoms with Crippen molar-refractivity contribution in [3.05, 3.63) is 60.2 Å². The summed E-state index contributed by atoms with van der Waals surface area (Å²) in [6.45, 7) is 3.35. The standard InChI is InChI=1S/C23H30N2O3/c1-27-21-9-5-6-10-22(21)28-16-13-24-23(26)18-25-14-11-20(12-15-25)17-19-7-3-2-4-8-19/h2-10,20H,11-18H2,1H3,(H,24,26). The fourth-order valence-corrected chi connectivity index (χ4v) is 3.64. The number of likely N-dealkylation sites (tertiary alicyclic amines) is 1. The van der Waals surface area contributed by atoms with Crippen LogP contribution >= 0.6 is 0 Å². The Kier molecular flexibility index (Phi) is 7.73. The Bertz CT molecular complexity index is 728. The summed E-state index contributed by atoms with van der Waals surface area (Å²) in [6.07, 6.45) is 3.44. The van der Waals surface area contributed by atoms with Gasteiger partial charge < -0.3 is 14.8 Å². The average Bonchev–Trinajstić information content (AvgIpc) is 2.74. The molecular weight excluding hydrogens is 352 g/mol. The molecule has 0 unspecified atom stereocenters. The minimum atomic E-state index is 0.0603. The smallest absolute Gasteiger partial charge is 0.234 e. The van der Waals surface area contributed by atoms with Crippen LogP contribution in [0.4, 0.5) is 0 Å². The largest absolute Gasteiger partial charge is 0.493 e. The zero-order valence-electron chi connectivity index (χ0n) is 16.6. The van der Waals surface area contributed by atoms with Gasteiger partial charge in [0.05, 0.1) is 20.2 Å². The summed E-state index contributed by atoms with van der Waals surface area (Å²) < 4.78 is 10.9. The molecule has 0 radical (unpaired) electrons. The zero-order chi connectivity index (χ0) is 19.6. The SMILES string of the molecule is COc1ccccc1OCCNC(=O)CN1CCC(Cc2ccccc2)CC1. The molecule has 5 nitrogen and oxygen atoms in total. The lowest BCUT2D eigenvalue weighted by molar-refractivity contribution is -0.122. The fourth-order valence-electron chi connectivity index (χ4n) is 3.64. The number of para-hydroxylation sites is 2. The number of nitrogens with one attached hydrogen (secondary N) is 1. The Morgan fingerprint density at radius 3 is 2.43 bits per heavy atom. The van der Waals surface area contributed by atoms with Crippen LogP contribution in [-0.2, 0) is 11.2 Å². The zero-order valence-corrected chi connectivity index (χ0v) is 16.6. The number of piperidine rings is 1.